The van der Waals surface area contributed by atoms with Crippen molar-refractivity contribution in [1.29, 1.82) is 0 Å². The van der Waals surface area contributed by atoms with Crippen LogP contribution in [0.15, 0.2) is 29.1 Å². The van der Waals surface area contributed by atoms with Gasteiger partial charge in [-0.25, -0.2) is 4.98 Å². The van der Waals surface area contributed by atoms with Gasteiger partial charge in [-0.05, 0) is 25.5 Å². The molecule has 0 amide bonds. The Morgan fingerprint density at radius 1 is 1.50 bits per heavy atom. The molecule has 20 heavy (non-hydrogen) atoms. The molecule has 1 saturated heterocycles. The Morgan fingerprint density at radius 3 is 3.00 bits per heavy atom. The van der Waals surface area contributed by atoms with Crippen molar-refractivity contribution in [1.82, 2.24) is 9.55 Å². The average molecular weight is 293 g/mol. The first-order chi connectivity index (χ1) is 9.66. The number of nitrogens with zero attached hydrogens (tertiary/aromatic N) is 2. The van der Waals surface area contributed by atoms with Crippen LogP contribution in [0.3, 0.4) is 0 Å². The summed E-state index contributed by atoms with van der Waals surface area (Å²) in [5, 5.41) is 0.349. The van der Waals surface area contributed by atoms with E-state index in [0.717, 1.165) is 13.0 Å². The zero-order chi connectivity index (χ0) is 14.1. The molecule has 0 aliphatic carbocycles. The second-order valence-electron chi connectivity index (χ2n) is 5.25. The molecule has 3 rings (SSSR count). The molecule has 0 N–H and O–H groups in total. The fourth-order valence-electron chi connectivity index (χ4n) is 2.65. The number of halogens is 1. The maximum absolute atomic E-state index is 12.7. The van der Waals surface area contributed by atoms with Crippen molar-refractivity contribution in [3.8, 4) is 0 Å². The van der Waals surface area contributed by atoms with Gasteiger partial charge in [-0.1, -0.05) is 12.1 Å². The van der Waals surface area contributed by atoms with Crippen molar-refractivity contribution < 1.29 is 4.74 Å². The van der Waals surface area contributed by atoms with E-state index in [0.29, 0.717) is 35.8 Å². The van der Waals surface area contributed by atoms with E-state index < -0.39 is 0 Å². The van der Waals surface area contributed by atoms with Gasteiger partial charge in [0.05, 0.1) is 22.9 Å². The first-order valence-corrected chi connectivity index (χ1v) is 7.31. The van der Waals surface area contributed by atoms with Crippen LogP contribution in [-0.2, 0) is 11.3 Å². The number of alkyl halides is 1. The third-order valence-corrected chi connectivity index (χ3v) is 3.91. The number of benzene rings is 1. The van der Waals surface area contributed by atoms with Gasteiger partial charge < -0.3 is 4.74 Å². The first-order valence-electron chi connectivity index (χ1n) is 6.88. The van der Waals surface area contributed by atoms with Crippen molar-refractivity contribution in [3.63, 3.8) is 0 Å². The van der Waals surface area contributed by atoms with Crippen LogP contribution in [0, 0.1) is 5.92 Å². The Balaban J connectivity index is 2.13. The third-order valence-electron chi connectivity index (χ3n) is 3.71. The van der Waals surface area contributed by atoms with Gasteiger partial charge in [-0.15, -0.1) is 11.6 Å². The summed E-state index contributed by atoms with van der Waals surface area (Å²) >= 11 is 6.21. The highest BCUT2D eigenvalue weighted by molar-refractivity contribution is 6.20. The van der Waals surface area contributed by atoms with Crippen LogP contribution in [0.1, 0.15) is 24.5 Å². The van der Waals surface area contributed by atoms with Crippen molar-refractivity contribution in [2.45, 2.75) is 25.3 Å². The maximum atomic E-state index is 12.7. The Morgan fingerprint density at radius 2 is 2.30 bits per heavy atom. The molecule has 1 aliphatic rings. The van der Waals surface area contributed by atoms with E-state index >= 15 is 0 Å². The number of rotatable bonds is 3. The van der Waals surface area contributed by atoms with Crippen LogP contribution >= 0.6 is 11.6 Å². The lowest BCUT2D eigenvalue weighted by Crippen LogP contribution is -2.29. The molecule has 5 heteroatoms. The lowest BCUT2D eigenvalue weighted by Gasteiger charge is -2.17. The molecule has 0 bridgehead atoms. The second-order valence-corrected chi connectivity index (χ2v) is 5.90. The highest BCUT2D eigenvalue weighted by atomic mass is 35.5. The topological polar surface area (TPSA) is 44.1 Å². The quantitative estimate of drug-likeness (QED) is 0.817. The highest BCUT2D eigenvalue weighted by Gasteiger charge is 2.21. The Kier molecular flexibility index (Phi) is 3.76. The molecule has 1 fully saturated rings. The van der Waals surface area contributed by atoms with Crippen LogP contribution in [-0.4, -0.2) is 22.8 Å². The van der Waals surface area contributed by atoms with E-state index in [9.17, 15) is 4.79 Å². The highest BCUT2D eigenvalue weighted by Crippen LogP contribution is 2.21. The SMILES string of the molecule is CC(Cl)c1nc2ccccc2c(=O)n1CC1CCOC1. The Hall–Kier alpha value is -1.39. The van der Waals surface area contributed by atoms with Crippen LogP contribution in [0.25, 0.3) is 10.9 Å². The fraction of sp³-hybridized carbons (Fsp3) is 0.467. The fourth-order valence-corrected chi connectivity index (χ4v) is 2.82. The van der Waals surface area contributed by atoms with E-state index in [1.54, 1.807) is 4.57 Å². The Labute approximate surface area is 122 Å². The zero-order valence-corrected chi connectivity index (χ0v) is 12.1. The number of fused-ring (bicyclic) bond motifs is 1. The van der Waals surface area contributed by atoms with Crippen molar-refractivity contribution in [3.05, 3.63) is 40.4 Å². The van der Waals surface area contributed by atoms with Crippen molar-refractivity contribution >= 4 is 22.5 Å². The van der Waals surface area contributed by atoms with Gasteiger partial charge >= 0.3 is 0 Å². The van der Waals surface area contributed by atoms with E-state index in [2.05, 4.69) is 4.98 Å². The summed E-state index contributed by atoms with van der Waals surface area (Å²) in [5.41, 5.74) is 0.698. The van der Waals surface area contributed by atoms with E-state index in [1.165, 1.54) is 0 Å². The Bertz CT molecular complexity index is 675. The minimum absolute atomic E-state index is 0.00926. The summed E-state index contributed by atoms with van der Waals surface area (Å²) in [6.07, 6.45) is 0.982. The molecule has 106 valence electrons. The number of para-hydroxylation sites is 1. The lowest BCUT2D eigenvalue weighted by atomic mass is 10.1. The number of aromatic nitrogens is 2. The minimum Gasteiger partial charge on any atom is -0.381 e. The molecule has 4 nitrogen and oxygen atoms in total. The van der Waals surface area contributed by atoms with Crippen molar-refractivity contribution in [2.24, 2.45) is 5.92 Å². The number of hydrogen-bond donors (Lipinski definition) is 0. The van der Waals surface area contributed by atoms with Gasteiger partial charge in [0.25, 0.3) is 5.56 Å². The minimum atomic E-state index is -0.297. The van der Waals surface area contributed by atoms with E-state index in [4.69, 9.17) is 16.3 Å². The van der Waals surface area contributed by atoms with Crippen LogP contribution in [0.2, 0.25) is 0 Å². The predicted molar refractivity (Wildman–Crippen MR) is 79.2 cm³/mol. The zero-order valence-electron chi connectivity index (χ0n) is 11.4. The smallest absolute Gasteiger partial charge is 0.261 e. The summed E-state index contributed by atoms with van der Waals surface area (Å²) in [6.45, 7) is 3.95. The van der Waals surface area contributed by atoms with Gasteiger partial charge in [0.2, 0.25) is 0 Å². The van der Waals surface area contributed by atoms with Gasteiger partial charge in [0.1, 0.15) is 5.82 Å². The standard InChI is InChI=1S/C15H17ClN2O2/c1-10(16)14-17-13-5-3-2-4-12(13)15(19)18(14)8-11-6-7-20-9-11/h2-5,10-11H,6-9H2,1H3. The molecule has 1 aliphatic heterocycles. The number of ether oxygens (including phenoxy) is 1. The van der Waals surface area contributed by atoms with Crippen LogP contribution in [0.5, 0.6) is 0 Å². The van der Waals surface area contributed by atoms with Gasteiger partial charge in [-0.2, -0.15) is 0 Å². The summed E-state index contributed by atoms with van der Waals surface area (Å²) < 4.78 is 7.11. The van der Waals surface area contributed by atoms with E-state index in [1.807, 2.05) is 31.2 Å². The molecule has 0 saturated carbocycles. The molecule has 1 aromatic carbocycles. The molecule has 1 aromatic heterocycles. The van der Waals surface area contributed by atoms with Gasteiger partial charge in [0.15, 0.2) is 0 Å². The first kappa shape index (κ1) is 13.6. The monoisotopic (exact) mass is 292 g/mol. The number of hydrogen-bond acceptors (Lipinski definition) is 3. The normalized spacial score (nSPS) is 20.4. The summed E-state index contributed by atoms with van der Waals surface area (Å²) in [4.78, 5) is 17.2. The molecule has 0 spiro atoms. The third kappa shape index (κ3) is 2.45. The lowest BCUT2D eigenvalue weighted by molar-refractivity contribution is 0.182. The van der Waals surface area contributed by atoms with Gasteiger partial charge in [0, 0.05) is 19.1 Å². The predicted octanol–water partition coefficient (Wildman–Crippen LogP) is 2.73. The maximum Gasteiger partial charge on any atom is 0.261 e. The molecule has 0 radical (unpaired) electrons. The molecule has 2 unspecified atom stereocenters. The van der Waals surface area contributed by atoms with Crippen LogP contribution < -0.4 is 5.56 Å². The average Bonchev–Trinajstić information content (AvgIpc) is 2.94. The molecular weight excluding hydrogens is 276 g/mol. The van der Waals surface area contributed by atoms with Crippen molar-refractivity contribution in [2.75, 3.05) is 13.2 Å². The van der Waals surface area contributed by atoms with Gasteiger partial charge in [-0.3, -0.25) is 9.36 Å². The summed E-state index contributed by atoms with van der Waals surface area (Å²) in [5.74, 6) is 1.01. The largest absolute Gasteiger partial charge is 0.381 e. The molecular formula is C15H17ClN2O2. The molecule has 2 aromatic rings. The summed E-state index contributed by atoms with van der Waals surface area (Å²) in [7, 11) is 0. The molecule has 2 atom stereocenters. The summed E-state index contributed by atoms with van der Waals surface area (Å²) in [6, 6.07) is 7.41. The van der Waals surface area contributed by atoms with E-state index in [-0.39, 0.29) is 10.9 Å². The second kappa shape index (κ2) is 5.54. The van der Waals surface area contributed by atoms with Crippen LogP contribution in [0.4, 0.5) is 0 Å². The molecule has 2 heterocycles.